The van der Waals surface area contributed by atoms with Crippen molar-refractivity contribution in [2.24, 2.45) is 5.92 Å². The number of hydrogen-bond acceptors (Lipinski definition) is 2. The fourth-order valence-corrected chi connectivity index (χ4v) is 2.25. The van der Waals surface area contributed by atoms with Gasteiger partial charge in [0.2, 0.25) is 0 Å². The molecule has 1 heterocycles. The lowest BCUT2D eigenvalue weighted by Crippen LogP contribution is -2.28. The zero-order chi connectivity index (χ0) is 10.8. The Morgan fingerprint density at radius 1 is 1.27 bits per heavy atom. The van der Waals surface area contributed by atoms with Gasteiger partial charge in [-0.05, 0) is 18.4 Å². The summed E-state index contributed by atoms with van der Waals surface area (Å²) in [5.41, 5.74) is 1.32. The maximum absolute atomic E-state index is 9.77. The van der Waals surface area contributed by atoms with Gasteiger partial charge < -0.3 is 5.11 Å². The monoisotopic (exact) mass is 205 g/mol. The summed E-state index contributed by atoms with van der Waals surface area (Å²) in [6.07, 6.45) is -0.163. The standard InChI is InChI=1S/C13H19NO/c1-10-11(2)14(9-13(10)15)8-12-6-4-3-5-7-12/h3-7,10-11,13,15H,8-9H2,1-2H3/t10-,11-,13-/m0/s1. The number of hydrogen-bond donors (Lipinski definition) is 1. The van der Waals surface area contributed by atoms with Gasteiger partial charge in [-0.2, -0.15) is 0 Å². The normalized spacial score (nSPS) is 32.1. The van der Waals surface area contributed by atoms with Crippen LogP contribution >= 0.6 is 0 Å². The van der Waals surface area contributed by atoms with Crippen LogP contribution in [0.3, 0.4) is 0 Å². The Labute approximate surface area is 91.5 Å². The minimum Gasteiger partial charge on any atom is -0.391 e. The fourth-order valence-electron chi connectivity index (χ4n) is 2.25. The number of nitrogens with zero attached hydrogens (tertiary/aromatic N) is 1. The zero-order valence-electron chi connectivity index (χ0n) is 9.43. The first kappa shape index (κ1) is 10.7. The lowest BCUT2D eigenvalue weighted by molar-refractivity contribution is 0.146. The molecule has 0 unspecified atom stereocenters. The fraction of sp³-hybridized carbons (Fsp3) is 0.538. The average molecular weight is 205 g/mol. The van der Waals surface area contributed by atoms with Crippen LogP contribution in [-0.2, 0) is 6.54 Å². The maximum atomic E-state index is 9.77. The van der Waals surface area contributed by atoms with Gasteiger partial charge in [0.25, 0.3) is 0 Å². The maximum Gasteiger partial charge on any atom is 0.0707 e. The minimum atomic E-state index is -0.163. The molecule has 0 amide bonds. The Bertz CT molecular complexity index is 312. The third kappa shape index (κ3) is 2.21. The number of aliphatic hydroxyl groups excluding tert-OH is 1. The largest absolute Gasteiger partial charge is 0.391 e. The van der Waals surface area contributed by atoms with E-state index in [0.29, 0.717) is 12.0 Å². The Hall–Kier alpha value is -0.860. The molecular formula is C13H19NO. The van der Waals surface area contributed by atoms with Crippen LogP contribution in [0.2, 0.25) is 0 Å². The highest BCUT2D eigenvalue weighted by Gasteiger charge is 2.34. The first-order valence-corrected chi connectivity index (χ1v) is 5.64. The van der Waals surface area contributed by atoms with Gasteiger partial charge in [0.1, 0.15) is 0 Å². The summed E-state index contributed by atoms with van der Waals surface area (Å²) < 4.78 is 0. The van der Waals surface area contributed by atoms with E-state index >= 15 is 0 Å². The van der Waals surface area contributed by atoms with Crippen molar-refractivity contribution in [3.8, 4) is 0 Å². The number of β-amino-alcohol motifs (C(OH)–C–C–N with tert-alkyl or cyclic N) is 1. The molecule has 0 aromatic heterocycles. The number of rotatable bonds is 2. The van der Waals surface area contributed by atoms with Crippen LogP contribution in [0.15, 0.2) is 30.3 Å². The van der Waals surface area contributed by atoms with E-state index in [0.717, 1.165) is 13.1 Å². The van der Waals surface area contributed by atoms with Crippen molar-refractivity contribution in [3.63, 3.8) is 0 Å². The quantitative estimate of drug-likeness (QED) is 0.797. The predicted molar refractivity (Wildman–Crippen MR) is 61.5 cm³/mol. The summed E-state index contributed by atoms with van der Waals surface area (Å²) in [6.45, 7) is 6.07. The summed E-state index contributed by atoms with van der Waals surface area (Å²) in [4.78, 5) is 2.35. The molecule has 1 fully saturated rings. The van der Waals surface area contributed by atoms with Gasteiger partial charge in [0, 0.05) is 19.1 Å². The van der Waals surface area contributed by atoms with Crippen molar-refractivity contribution in [1.29, 1.82) is 0 Å². The zero-order valence-corrected chi connectivity index (χ0v) is 9.43. The van der Waals surface area contributed by atoms with E-state index < -0.39 is 0 Å². The molecule has 0 spiro atoms. The van der Waals surface area contributed by atoms with Crippen LogP contribution in [0.25, 0.3) is 0 Å². The topological polar surface area (TPSA) is 23.5 Å². The van der Waals surface area contributed by atoms with E-state index in [9.17, 15) is 5.11 Å². The van der Waals surface area contributed by atoms with E-state index in [2.05, 4.69) is 43.0 Å². The number of likely N-dealkylation sites (tertiary alicyclic amines) is 1. The Kier molecular flexibility index (Phi) is 3.08. The van der Waals surface area contributed by atoms with E-state index in [1.807, 2.05) is 6.07 Å². The number of benzene rings is 1. The van der Waals surface area contributed by atoms with Crippen LogP contribution in [0.1, 0.15) is 19.4 Å². The van der Waals surface area contributed by atoms with Gasteiger partial charge in [0.15, 0.2) is 0 Å². The summed E-state index contributed by atoms with van der Waals surface area (Å²) in [7, 11) is 0. The average Bonchev–Trinajstić information content (AvgIpc) is 2.48. The Morgan fingerprint density at radius 3 is 2.47 bits per heavy atom. The van der Waals surface area contributed by atoms with Crippen molar-refractivity contribution in [2.75, 3.05) is 6.54 Å². The van der Waals surface area contributed by atoms with E-state index in [4.69, 9.17) is 0 Å². The van der Waals surface area contributed by atoms with Gasteiger partial charge in [-0.25, -0.2) is 0 Å². The van der Waals surface area contributed by atoms with Crippen LogP contribution in [0, 0.1) is 5.92 Å². The molecule has 0 radical (unpaired) electrons. The molecule has 2 heteroatoms. The minimum absolute atomic E-state index is 0.163. The predicted octanol–water partition coefficient (Wildman–Crippen LogP) is 1.89. The molecule has 3 atom stereocenters. The van der Waals surface area contributed by atoms with Crippen molar-refractivity contribution < 1.29 is 5.11 Å². The van der Waals surface area contributed by atoms with Gasteiger partial charge in [-0.3, -0.25) is 4.90 Å². The second-order valence-electron chi connectivity index (χ2n) is 4.58. The highest BCUT2D eigenvalue weighted by atomic mass is 16.3. The molecule has 0 bridgehead atoms. The molecule has 0 aliphatic carbocycles. The van der Waals surface area contributed by atoms with Gasteiger partial charge in [-0.1, -0.05) is 37.3 Å². The van der Waals surface area contributed by atoms with Crippen LogP contribution in [-0.4, -0.2) is 28.7 Å². The van der Waals surface area contributed by atoms with E-state index in [-0.39, 0.29) is 6.10 Å². The smallest absolute Gasteiger partial charge is 0.0707 e. The Balaban J connectivity index is 2.02. The van der Waals surface area contributed by atoms with E-state index in [1.165, 1.54) is 5.56 Å². The summed E-state index contributed by atoms with van der Waals surface area (Å²) in [5.74, 6) is 0.383. The lowest BCUT2D eigenvalue weighted by atomic mass is 10.0. The van der Waals surface area contributed by atoms with Gasteiger partial charge >= 0.3 is 0 Å². The van der Waals surface area contributed by atoms with Crippen LogP contribution in [0.5, 0.6) is 0 Å². The lowest BCUT2D eigenvalue weighted by Gasteiger charge is -2.22. The second-order valence-corrected chi connectivity index (χ2v) is 4.58. The highest BCUT2D eigenvalue weighted by Crippen LogP contribution is 2.25. The van der Waals surface area contributed by atoms with E-state index in [1.54, 1.807) is 0 Å². The summed E-state index contributed by atoms with van der Waals surface area (Å²) in [5, 5.41) is 9.77. The summed E-state index contributed by atoms with van der Waals surface area (Å²) >= 11 is 0. The molecule has 15 heavy (non-hydrogen) atoms. The SMILES string of the molecule is C[C@@H]1[C@@H](O)CN(Cc2ccccc2)[C@H]1C. The van der Waals surface area contributed by atoms with Gasteiger partial charge in [0.05, 0.1) is 6.10 Å². The molecule has 82 valence electrons. The molecular weight excluding hydrogens is 186 g/mol. The Morgan fingerprint density at radius 2 is 1.93 bits per heavy atom. The van der Waals surface area contributed by atoms with Crippen molar-refractivity contribution in [2.45, 2.75) is 32.5 Å². The summed E-state index contributed by atoms with van der Waals surface area (Å²) in [6, 6.07) is 10.9. The molecule has 1 aromatic carbocycles. The van der Waals surface area contributed by atoms with Crippen LogP contribution in [0.4, 0.5) is 0 Å². The molecule has 1 N–H and O–H groups in total. The highest BCUT2D eigenvalue weighted by molar-refractivity contribution is 5.15. The third-order valence-electron chi connectivity index (χ3n) is 3.59. The first-order chi connectivity index (χ1) is 7.18. The van der Waals surface area contributed by atoms with Gasteiger partial charge in [-0.15, -0.1) is 0 Å². The molecule has 2 rings (SSSR count). The molecule has 0 saturated carbocycles. The van der Waals surface area contributed by atoms with Crippen molar-refractivity contribution >= 4 is 0 Å². The molecule has 1 saturated heterocycles. The van der Waals surface area contributed by atoms with Crippen molar-refractivity contribution in [1.82, 2.24) is 4.90 Å². The molecule has 1 aliphatic rings. The molecule has 1 aromatic rings. The van der Waals surface area contributed by atoms with Crippen molar-refractivity contribution in [3.05, 3.63) is 35.9 Å². The molecule has 1 aliphatic heterocycles. The third-order valence-corrected chi connectivity index (χ3v) is 3.59. The second kappa shape index (κ2) is 4.33. The van der Waals surface area contributed by atoms with Crippen LogP contribution < -0.4 is 0 Å². The number of aliphatic hydroxyl groups is 1. The first-order valence-electron chi connectivity index (χ1n) is 5.64. The molecule has 2 nitrogen and oxygen atoms in total.